The molecule has 2 heterocycles. The molecule has 0 aliphatic rings. The molecule has 0 spiro atoms. The molecule has 11 nitrogen and oxygen atoms in total. The molecule has 0 radical (unpaired) electrons. The Bertz CT molecular complexity index is 1420. The van der Waals surface area contributed by atoms with Crippen LogP contribution in [-0.2, 0) is 0 Å². The summed E-state index contributed by atoms with van der Waals surface area (Å²) in [5.41, 5.74) is 2.26. The summed E-state index contributed by atoms with van der Waals surface area (Å²) in [7, 11) is 4.47. The lowest BCUT2D eigenvalue weighted by molar-refractivity contribution is -0.402. The fraction of sp³-hybridized carbons (Fsp3) is 0.174. The van der Waals surface area contributed by atoms with Gasteiger partial charge in [-0.1, -0.05) is 17.4 Å². The Morgan fingerprint density at radius 2 is 1.83 bits per heavy atom. The number of nitro groups is 1. The number of rotatable bonds is 8. The standard InChI is InChI=1S/C23H20N4O7S/c1-13-5-6-15-19(9-13)35-23(25-15)26(22(28)16-7-8-20(34-16)27(29)30)24-12-14-10-17(31-2)21(33-4)18(11-14)32-3/h5-12H,1-4H3/b24-12+. The van der Waals surface area contributed by atoms with Crippen LogP contribution in [0.25, 0.3) is 10.2 Å². The van der Waals surface area contributed by atoms with E-state index in [-0.39, 0.29) is 10.9 Å². The maximum Gasteiger partial charge on any atom is 0.433 e. The summed E-state index contributed by atoms with van der Waals surface area (Å²) >= 11 is 1.25. The topological polar surface area (TPSA) is 130 Å². The molecule has 180 valence electrons. The summed E-state index contributed by atoms with van der Waals surface area (Å²) in [6, 6.07) is 11.3. The summed E-state index contributed by atoms with van der Waals surface area (Å²) in [6.45, 7) is 1.95. The third-order valence-electron chi connectivity index (χ3n) is 4.90. The van der Waals surface area contributed by atoms with E-state index in [4.69, 9.17) is 18.6 Å². The van der Waals surface area contributed by atoms with E-state index in [0.717, 1.165) is 21.3 Å². The molecule has 0 N–H and O–H groups in total. The first-order chi connectivity index (χ1) is 16.8. The van der Waals surface area contributed by atoms with Crippen LogP contribution in [-0.4, -0.2) is 43.4 Å². The van der Waals surface area contributed by atoms with Crippen molar-refractivity contribution in [1.82, 2.24) is 4.98 Å². The molecular formula is C23H20N4O7S. The van der Waals surface area contributed by atoms with Crippen LogP contribution in [0.15, 0.2) is 52.0 Å². The van der Waals surface area contributed by atoms with E-state index in [9.17, 15) is 14.9 Å². The minimum atomic E-state index is -0.724. The molecule has 2 aromatic heterocycles. The number of methoxy groups -OCH3 is 3. The molecule has 0 fully saturated rings. The predicted molar refractivity (Wildman–Crippen MR) is 130 cm³/mol. The second kappa shape index (κ2) is 9.81. The predicted octanol–water partition coefficient (Wildman–Crippen LogP) is 4.81. The quantitative estimate of drug-likeness (QED) is 0.193. The lowest BCUT2D eigenvalue weighted by Gasteiger charge is -2.14. The van der Waals surface area contributed by atoms with Crippen LogP contribution in [0.5, 0.6) is 17.2 Å². The van der Waals surface area contributed by atoms with Crippen molar-refractivity contribution in [2.45, 2.75) is 6.92 Å². The average molecular weight is 497 g/mol. The van der Waals surface area contributed by atoms with Crippen LogP contribution < -0.4 is 19.2 Å². The average Bonchev–Trinajstić information content (AvgIpc) is 3.50. The minimum absolute atomic E-state index is 0.255. The molecule has 4 rings (SSSR count). The van der Waals surface area contributed by atoms with Crippen molar-refractivity contribution in [2.24, 2.45) is 5.10 Å². The number of carbonyl (C=O) groups excluding carboxylic acids is 1. The van der Waals surface area contributed by atoms with Gasteiger partial charge in [-0.3, -0.25) is 14.9 Å². The van der Waals surface area contributed by atoms with Crippen LogP contribution in [0.2, 0.25) is 0 Å². The Hall–Kier alpha value is -4.45. The molecule has 1 amide bonds. The number of amides is 1. The van der Waals surface area contributed by atoms with Gasteiger partial charge in [0, 0.05) is 5.56 Å². The number of aromatic nitrogens is 1. The first-order valence-corrected chi connectivity index (χ1v) is 11.0. The highest BCUT2D eigenvalue weighted by molar-refractivity contribution is 7.22. The molecule has 0 aliphatic heterocycles. The van der Waals surface area contributed by atoms with Crippen LogP contribution in [0.4, 0.5) is 11.0 Å². The molecular weight excluding hydrogens is 476 g/mol. The van der Waals surface area contributed by atoms with Crippen LogP contribution in [0.3, 0.4) is 0 Å². The zero-order chi connectivity index (χ0) is 25.1. The Morgan fingerprint density at radius 1 is 1.11 bits per heavy atom. The van der Waals surface area contributed by atoms with E-state index in [2.05, 4.69) is 10.1 Å². The van der Waals surface area contributed by atoms with Crippen molar-refractivity contribution in [1.29, 1.82) is 0 Å². The number of ether oxygens (including phenoxy) is 3. The maximum absolute atomic E-state index is 13.3. The van der Waals surface area contributed by atoms with Crippen molar-refractivity contribution < 1.29 is 28.3 Å². The molecule has 4 aromatic rings. The number of aryl methyl sites for hydroxylation is 1. The van der Waals surface area contributed by atoms with Gasteiger partial charge in [0.15, 0.2) is 11.5 Å². The molecule has 35 heavy (non-hydrogen) atoms. The number of anilines is 1. The van der Waals surface area contributed by atoms with Crippen LogP contribution in [0, 0.1) is 17.0 Å². The number of hydrogen-bond acceptors (Lipinski definition) is 10. The normalized spacial score (nSPS) is 11.1. The Kier molecular flexibility index (Phi) is 6.64. The highest BCUT2D eigenvalue weighted by Crippen LogP contribution is 2.38. The molecule has 0 saturated heterocycles. The van der Waals surface area contributed by atoms with Crippen molar-refractivity contribution >= 4 is 44.7 Å². The van der Waals surface area contributed by atoms with Crippen molar-refractivity contribution in [3.8, 4) is 17.2 Å². The van der Waals surface area contributed by atoms with E-state index in [0.29, 0.717) is 28.3 Å². The summed E-state index contributed by atoms with van der Waals surface area (Å²) in [5, 5.41) is 16.7. The Morgan fingerprint density at radius 3 is 2.43 bits per heavy atom. The third-order valence-corrected chi connectivity index (χ3v) is 5.89. The second-order valence-electron chi connectivity index (χ2n) is 7.18. The Balaban J connectivity index is 1.78. The van der Waals surface area contributed by atoms with Gasteiger partial charge < -0.3 is 18.6 Å². The first-order valence-electron chi connectivity index (χ1n) is 10.1. The highest BCUT2D eigenvalue weighted by atomic mass is 32.1. The van der Waals surface area contributed by atoms with Gasteiger partial charge in [0.05, 0.1) is 43.8 Å². The van der Waals surface area contributed by atoms with E-state index >= 15 is 0 Å². The van der Waals surface area contributed by atoms with Gasteiger partial charge in [0.2, 0.25) is 16.6 Å². The number of fused-ring (bicyclic) bond motifs is 1. The van der Waals surface area contributed by atoms with Gasteiger partial charge in [-0.2, -0.15) is 10.1 Å². The van der Waals surface area contributed by atoms with Gasteiger partial charge >= 0.3 is 11.8 Å². The van der Waals surface area contributed by atoms with Crippen molar-refractivity contribution in [2.75, 3.05) is 26.3 Å². The summed E-state index contributed by atoms with van der Waals surface area (Å²) in [5.74, 6) is -0.315. The lowest BCUT2D eigenvalue weighted by atomic mass is 10.2. The van der Waals surface area contributed by atoms with Gasteiger partial charge in [-0.15, -0.1) is 0 Å². The fourth-order valence-electron chi connectivity index (χ4n) is 3.24. The first kappa shape index (κ1) is 23.7. The largest absolute Gasteiger partial charge is 0.493 e. The smallest absolute Gasteiger partial charge is 0.433 e. The highest BCUT2D eigenvalue weighted by Gasteiger charge is 2.26. The zero-order valence-electron chi connectivity index (χ0n) is 19.2. The van der Waals surface area contributed by atoms with Gasteiger partial charge in [0.1, 0.15) is 4.92 Å². The number of hydrazone groups is 1. The lowest BCUT2D eigenvalue weighted by Crippen LogP contribution is -2.25. The maximum atomic E-state index is 13.3. The van der Waals surface area contributed by atoms with Crippen LogP contribution in [0.1, 0.15) is 21.7 Å². The number of furan rings is 1. The van der Waals surface area contributed by atoms with E-state index in [1.807, 2.05) is 25.1 Å². The van der Waals surface area contributed by atoms with Gasteiger partial charge in [0.25, 0.3) is 0 Å². The van der Waals surface area contributed by atoms with E-state index < -0.39 is 16.7 Å². The molecule has 0 unspecified atom stereocenters. The fourth-order valence-corrected chi connectivity index (χ4v) is 4.26. The molecule has 0 atom stereocenters. The molecule has 12 heteroatoms. The summed E-state index contributed by atoms with van der Waals surface area (Å²) in [6.07, 6.45) is 1.41. The Labute approximate surface area is 203 Å². The monoisotopic (exact) mass is 496 g/mol. The van der Waals surface area contributed by atoms with E-state index in [1.54, 1.807) is 12.1 Å². The van der Waals surface area contributed by atoms with Crippen molar-refractivity contribution in [3.05, 3.63) is 69.5 Å². The summed E-state index contributed by atoms with van der Waals surface area (Å²) in [4.78, 5) is 28.1. The summed E-state index contributed by atoms with van der Waals surface area (Å²) < 4.78 is 22.0. The molecule has 0 bridgehead atoms. The third kappa shape index (κ3) is 4.77. The molecule has 0 aliphatic carbocycles. The number of hydrogen-bond donors (Lipinski definition) is 0. The zero-order valence-corrected chi connectivity index (χ0v) is 20.0. The SMILES string of the molecule is COc1cc(/C=N/N(C(=O)c2ccc([N+](=O)[O-])o2)c2nc3ccc(C)cc3s2)cc(OC)c1OC. The van der Waals surface area contributed by atoms with Gasteiger partial charge in [-0.25, -0.2) is 4.98 Å². The van der Waals surface area contributed by atoms with Crippen molar-refractivity contribution in [3.63, 3.8) is 0 Å². The number of benzene rings is 2. The van der Waals surface area contributed by atoms with E-state index in [1.165, 1.54) is 44.9 Å². The second-order valence-corrected chi connectivity index (χ2v) is 8.19. The van der Waals surface area contributed by atoms with Crippen LogP contribution >= 0.6 is 11.3 Å². The number of thiazole rings is 1. The molecule has 2 aromatic carbocycles. The van der Waals surface area contributed by atoms with Gasteiger partial charge in [-0.05, 0) is 42.8 Å². The molecule has 0 saturated carbocycles. The number of carbonyl (C=O) groups is 1. The number of nitrogens with zero attached hydrogens (tertiary/aromatic N) is 4. The minimum Gasteiger partial charge on any atom is -0.493 e.